The van der Waals surface area contributed by atoms with Crippen LogP contribution in [0.2, 0.25) is 0 Å². The fraction of sp³-hybridized carbons (Fsp3) is 0.696. The van der Waals surface area contributed by atoms with Crippen molar-refractivity contribution in [2.45, 2.75) is 70.5 Å². The van der Waals surface area contributed by atoms with Crippen molar-refractivity contribution in [1.82, 2.24) is 9.80 Å². The molecule has 3 fully saturated rings. The summed E-state index contributed by atoms with van der Waals surface area (Å²) in [5, 5.41) is 0. The molecule has 1 aromatic rings. The van der Waals surface area contributed by atoms with E-state index in [4.69, 9.17) is 4.74 Å². The van der Waals surface area contributed by atoms with Gasteiger partial charge in [0.2, 0.25) is 0 Å². The largest absolute Gasteiger partial charge is 0.379 e. The van der Waals surface area contributed by atoms with Gasteiger partial charge in [-0.25, -0.2) is 0 Å². The van der Waals surface area contributed by atoms with E-state index < -0.39 is 0 Å². The summed E-state index contributed by atoms with van der Waals surface area (Å²) in [5.74, 6) is 1.13. The van der Waals surface area contributed by atoms with E-state index >= 15 is 0 Å². The Morgan fingerprint density at radius 2 is 1.74 bits per heavy atom. The van der Waals surface area contributed by atoms with Crippen molar-refractivity contribution in [2.75, 3.05) is 26.3 Å². The maximum Gasteiger partial charge on any atom is 0.254 e. The lowest BCUT2D eigenvalue weighted by Crippen LogP contribution is -2.44. The first-order valence-electron chi connectivity index (χ1n) is 11.0. The number of ether oxygens (including phenoxy) is 1. The van der Waals surface area contributed by atoms with Crippen LogP contribution in [0.5, 0.6) is 0 Å². The van der Waals surface area contributed by atoms with Gasteiger partial charge < -0.3 is 9.64 Å². The summed E-state index contributed by atoms with van der Waals surface area (Å²) in [6.45, 7) is 6.80. The summed E-state index contributed by atoms with van der Waals surface area (Å²) in [6.07, 6.45) is 8.61. The zero-order valence-electron chi connectivity index (χ0n) is 16.7. The molecule has 0 spiro atoms. The van der Waals surface area contributed by atoms with E-state index in [-0.39, 0.29) is 5.91 Å². The second-order valence-corrected chi connectivity index (χ2v) is 8.62. The molecule has 0 radical (unpaired) electrons. The first kappa shape index (κ1) is 18.9. The van der Waals surface area contributed by atoms with Crippen molar-refractivity contribution in [2.24, 2.45) is 5.92 Å². The van der Waals surface area contributed by atoms with E-state index in [1.165, 1.54) is 50.5 Å². The molecule has 1 aromatic carbocycles. The Hall–Kier alpha value is -1.39. The number of amides is 1. The highest BCUT2D eigenvalue weighted by Gasteiger charge is 2.39. The number of hydrogen-bond donors (Lipinski definition) is 0. The van der Waals surface area contributed by atoms with E-state index in [1.54, 1.807) is 0 Å². The van der Waals surface area contributed by atoms with Crippen LogP contribution < -0.4 is 0 Å². The Balaban J connectivity index is 1.44. The Morgan fingerprint density at radius 1 is 1.07 bits per heavy atom. The van der Waals surface area contributed by atoms with Gasteiger partial charge in [-0.15, -0.1) is 0 Å². The Labute approximate surface area is 163 Å². The van der Waals surface area contributed by atoms with Gasteiger partial charge in [-0.05, 0) is 62.1 Å². The molecule has 27 heavy (non-hydrogen) atoms. The maximum absolute atomic E-state index is 13.4. The molecule has 1 heterocycles. The molecular weight excluding hydrogens is 336 g/mol. The summed E-state index contributed by atoms with van der Waals surface area (Å²) in [5.41, 5.74) is 2.12. The van der Waals surface area contributed by atoms with Gasteiger partial charge in [0.25, 0.3) is 5.91 Å². The molecule has 4 heteroatoms. The van der Waals surface area contributed by atoms with Gasteiger partial charge in [-0.2, -0.15) is 0 Å². The molecule has 148 valence electrons. The normalized spacial score (nSPS) is 26.7. The van der Waals surface area contributed by atoms with Crippen LogP contribution in [0.15, 0.2) is 24.3 Å². The zero-order chi connectivity index (χ0) is 18.6. The minimum atomic E-state index is 0.265. The number of carbonyl (C=O) groups excluding carboxylic acids is 1. The molecule has 4 nitrogen and oxygen atoms in total. The third-order valence-electron chi connectivity index (χ3n) is 6.65. The zero-order valence-corrected chi connectivity index (χ0v) is 16.7. The van der Waals surface area contributed by atoms with E-state index in [1.807, 2.05) is 6.07 Å². The summed E-state index contributed by atoms with van der Waals surface area (Å²) in [7, 11) is 0. The lowest BCUT2D eigenvalue weighted by molar-refractivity contribution is 0.0341. The summed E-state index contributed by atoms with van der Waals surface area (Å²) in [6, 6.07) is 9.30. The highest BCUT2D eigenvalue weighted by molar-refractivity contribution is 5.95. The predicted octanol–water partition coefficient (Wildman–Crippen LogP) is 4.09. The maximum atomic E-state index is 13.4. The van der Waals surface area contributed by atoms with Gasteiger partial charge in [0.1, 0.15) is 0 Å². The van der Waals surface area contributed by atoms with Gasteiger partial charge in [-0.1, -0.05) is 25.5 Å². The van der Waals surface area contributed by atoms with Crippen molar-refractivity contribution < 1.29 is 9.53 Å². The molecule has 0 bridgehead atoms. The topological polar surface area (TPSA) is 32.8 Å². The average molecular weight is 371 g/mol. The molecule has 1 amide bonds. The van der Waals surface area contributed by atoms with Crippen molar-refractivity contribution in [3.05, 3.63) is 35.4 Å². The highest BCUT2D eigenvalue weighted by atomic mass is 16.5. The number of carbonyl (C=O) groups is 1. The molecule has 3 aliphatic rings. The molecule has 0 atom stereocenters. The SMILES string of the molecule is CCC1CCC(N(C(=O)c2cccc(CN3CCOCC3)c2)C2CC2)CC1. The fourth-order valence-corrected chi connectivity index (χ4v) is 4.78. The van der Waals surface area contributed by atoms with E-state index in [0.29, 0.717) is 12.1 Å². The molecule has 0 unspecified atom stereocenters. The molecule has 2 aliphatic carbocycles. The quantitative estimate of drug-likeness (QED) is 0.756. The standard InChI is InChI=1S/C23H34N2O2/c1-2-18-6-8-21(9-7-18)25(22-10-11-22)23(26)20-5-3-4-19(16-20)17-24-12-14-27-15-13-24/h3-5,16,18,21-22H,2,6-15,17H2,1H3. The first-order valence-corrected chi connectivity index (χ1v) is 11.0. The fourth-order valence-electron chi connectivity index (χ4n) is 4.78. The van der Waals surface area contributed by atoms with Crippen molar-refractivity contribution in [1.29, 1.82) is 0 Å². The van der Waals surface area contributed by atoms with E-state index in [0.717, 1.165) is 44.3 Å². The minimum Gasteiger partial charge on any atom is -0.379 e. The van der Waals surface area contributed by atoms with Gasteiger partial charge in [-0.3, -0.25) is 9.69 Å². The number of nitrogens with zero attached hydrogens (tertiary/aromatic N) is 2. The predicted molar refractivity (Wildman–Crippen MR) is 108 cm³/mol. The number of rotatable bonds is 6. The lowest BCUT2D eigenvalue weighted by Gasteiger charge is -2.37. The Morgan fingerprint density at radius 3 is 2.37 bits per heavy atom. The Kier molecular flexibility index (Phi) is 6.14. The molecule has 4 rings (SSSR count). The Bertz CT molecular complexity index is 629. The van der Waals surface area contributed by atoms with Crippen LogP contribution in [0.4, 0.5) is 0 Å². The van der Waals surface area contributed by atoms with Gasteiger partial charge >= 0.3 is 0 Å². The number of hydrogen-bond acceptors (Lipinski definition) is 3. The van der Waals surface area contributed by atoms with Crippen LogP contribution in [0, 0.1) is 5.92 Å². The third kappa shape index (κ3) is 4.72. The van der Waals surface area contributed by atoms with Crippen molar-refractivity contribution in [3.8, 4) is 0 Å². The molecule has 1 saturated heterocycles. The smallest absolute Gasteiger partial charge is 0.254 e. The molecule has 0 aromatic heterocycles. The van der Waals surface area contributed by atoms with Crippen LogP contribution in [0.3, 0.4) is 0 Å². The minimum absolute atomic E-state index is 0.265. The van der Waals surface area contributed by atoms with Crippen LogP contribution in [-0.2, 0) is 11.3 Å². The molecule has 2 saturated carbocycles. The van der Waals surface area contributed by atoms with Gasteiger partial charge in [0, 0.05) is 37.3 Å². The molecule has 1 aliphatic heterocycles. The summed E-state index contributed by atoms with van der Waals surface area (Å²) in [4.78, 5) is 18.1. The third-order valence-corrected chi connectivity index (χ3v) is 6.65. The highest BCUT2D eigenvalue weighted by Crippen LogP contribution is 2.37. The monoisotopic (exact) mass is 370 g/mol. The lowest BCUT2D eigenvalue weighted by atomic mass is 9.83. The van der Waals surface area contributed by atoms with Gasteiger partial charge in [0.05, 0.1) is 13.2 Å². The second-order valence-electron chi connectivity index (χ2n) is 8.62. The van der Waals surface area contributed by atoms with E-state index in [9.17, 15) is 4.79 Å². The van der Waals surface area contributed by atoms with Crippen molar-refractivity contribution >= 4 is 5.91 Å². The number of morpholine rings is 1. The van der Waals surface area contributed by atoms with Crippen LogP contribution in [0.1, 0.15) is 67.8 Å². The summed E-state index contributed by atoms with van der Waals surface area (Å²) >= 11 is 0. The van der Waals surface area contributed by atoms with Crippen LogP contribution in [0.25, 0.3) is 0 Å². The molecule has 0 N–H and O–H groups in total. The average Bonchev–Trinajstić information content (AvgIpc) is 3.55. The first-order chi connectivity index (χ1) is 13.2. The van der Waals surface area contributed by atoms with Crippen LogP contribution in [-0.4, -0.2) is 54.1 Å². The summed E-state index contributed by atoms with van der Waals surface area (Å²) < 4.78 is 5.44. The molecular formula is C23H34N2O2. The van der Waals surface area contributed by atoms with E-state index in [2.05, 4.69) is 34.9 Å². The second kappa shape index (κ2) is 8.74. The van der Waals surface area contributed by atoms with Crippen molar-refractivity contribution in [3.63, 3.8) is 0 Å². The van der Waals surface area contributed by atoms with Crippen LogP contribution >= 0.6 is 0 Å². The number of benzene rings is 1. The van der Waals surface area contributed by atoms with Gasteiger partial charge in [0.15, 0.2) is 0 Å².